The molecule has 0 atom stereocenters. The summed E-state index contributed by atoms with van der Waals surface area (Å²) in [6.07, 6.45) is 3.66. The average Bonchev–Trinajstić information content (AvgIpc) is 3.45. The van der Waals surface area contributed by atoms with Gasteiger partial charge in [0.15, 0.2) is 0 Å². The fraction of sp³-hybridized carbons (Fsp3) is 0.240. The van der Waals surface area contributed by atoms with Gasteiger partial charge in [-0.05, 0) is 66.9 Å². The maximum atomic E-state index is 13.2. The molecule has 1 aliphatic carbocycles. The molecule has 1 heterocycles. The van der Waals surface area contributed by atoms with Crippen molar-refractivity contribution in [1.29, 1.82) is 0 Å². The van der Waals surface area contributed by atoms with Gasteiger partial charge < -0.3 is 20.0 Å². The van der Waals surface area contributed by atoms with E-state index in [1.807, 2.05) is 18.2 Å². The van der Waals surface area contributed by atoms with Gasteiger partial charge in [0.2, 0.25) is 5.91 Å². The van der Waals surface area contributed by atoms with Crippen LogP contribution in [0.15, 0.2) is 71.3 Å². The summed E-state index contributed by atoms with van der Waals surface area (Å²) in [6.45, 7) is 2.10. The van der Waals surface area contributed by atoms with Crippen molar-refractivity contribution in [1.82, 2.24) is 10.2 Å². The predicted molar refractivity (Wildman–Crippen MR) is 120 cm³/mol. The summed E-state index contributed by atoms with van der Waals surface area (Å²) in [5.41, 5.74) is 2.65. The number of nitrogens with zero attached hydrogens (tertiary/aromatic N) is 1. The fourth-order valence-corrected chi connectivity index (χ4v) is 3.35. The lowest BCUT2D eigenvalue weighted by Gasteiger charge is -2.22. The second-order valence-electron chi connectivity index (χ2n) is 7.94. The lowest BCUT2D eigenvalue weighted by Crippen LogP contribution is -2.30. The molecule has 0 saturated heterocycles. The first-order valence-corrected chi connectivity index (χ1v) is 10.6. The van der Waals surface area contributed by atoms with Crippen molar-refractivity contribution in [3.63, 3.8) is 0 Å². The van der Waals surface area contributed by atoms with Gasteiger partial charge in [-0.1, -0.05) is 12.1 Å². The molecule has 1 aliphatic rings. The molecule has 4 rings (SSSR count). The van der Waals surface area contributed by atoms with Crippen LogP contribution in [0.5, 0.6) is 0 Å². The highest BCUT2D eigenvalue weighted by atomic mass is 16.3. The minimum absolute atomic E-state index is 0.0678. The molecular formula is C25H25N3O4. The monoisotopic (exact) mass is 431 g/mol. The molecule has 0 bridgehead atoms. The van der Waals surface area contributed by atoms with Gasteiger partial charge in [0.25, 0.3) is 11.8 Å². The van der Waals surface area contributed by atoms with Crippen molar-refractivity contribution in [2.75, 3.05) is 5.32 Å². The molecular weight excluding hydrogens is 406 g/mol. The minimum Gasteiger partial charge on any atom is -0.467 e. The molecule has 2 N–H and O–H groups in total. The van der Waals surface area contributed by atoms with Crippen LogP contribution < -0.4 is 10.6 Å². The molecule has 7 heteroatoms. The van der Waals surface area contributed by atoms with E-state index in [1.165, 1.54) is 6.92 Å². The quantitative estimate of drug-likeness (QED) is 0.565. The highest BCUT2D eigenvalue weighted by molar-refractivity contribution is 5.96. The second kappa shape index (κ2) is 9.51. The third-order valence-corrected chi connectivity index (χ3v) is 5.17. The van der Waals surface area contributed by atoms with Crippen molar-refractivity contribution in [2.24, 2.45) is 0 Å². The number of benzene rings is 2. The molecule has 3 amide bonds. The number of furan rings is 1. The van der Waals surface area contributed by atoms with Crippen LogP contribution in [0, 0.1) is 0 Å². The average molecular weight is 431 g/mol. The van der Waals surface area contributed by atoms with Gasteiger partial charge >= 0.3 is 0 Å². The molecule has 0 unspecified atom stereocenters. The first kappa shape index (κ1) is 21.4. The van der Waals surface area contributed by atoms with E-state index in [4.69, 9.17) is 4.42 Å². The number of hydrogen-bond donors (Lipinski definition) is 2. The predicted octanol–water partition coefficient (Wildman–Crippen LogP) is 3.97. The van der Waals surface area contributed by atoms with E-state index in [2.05, 4.69) is 10.6 Å². The SMILES string of the molecule is CC(=O)Nc1ccc(C(=O)N(Cc2ccc(C(=O)NC3CC3)cc2)Cc2ccco2)cc1. The summed E-state index contributed by atoms with van der Waals surface area (Å²) in [6, 6.07) is 18.0. The normalized spacial score (nSPS) is 12.8. The summed E-state index contributed by atoms with van der Waals surface area (Å²) in [7, 11) is 0. The number of carbonyl (C=O) groups is 3. The number of anilines is 1. The molecule has 7 nitrogen and oxygen atoms in total. The highest BCUT2D eigenvalue weighted by Gasteiger charge is 2.24. The number of rotatable bonds is 8. The maximum Gasteiger partial charge on any atom is 0.254 e. The van der Waals surface area contributed by atoms with Crippen LogP contribution in [-0.2, 0) is 17.9 Å². The van der Waals surface area contributed by atoms with Gasteiger partial charge in [-0.15, -0.1) is 0 Å². The Hall–Kier alpha value is -3.87. The summed E-state index contributed by atoms with van der Waals surface area (Å²) < 4.78 is 5.45. The first-order valence-electron chi connectivity index (χ1n) is 10.6. The Morgan fingerprint density at radius 3 is 2.22 bits per heavy atom. The molecule has 3 aromatic rings. The molecule has 0 aliphatic heterocycles. The zero-order valence-corrected chi connectivity index (χ0v) is 17.8. The first-order chi connectivity index (χ1) is 15.5. The van der Waals surface area contributed by atoms with Crippen LogP contribution >= 0.6 is 0 Å². The van der Waals surface area contributed by atoms with E-state index >= 15 is 0 Å². The molecule has 1 aromatic heterocycles. The Kier molecular flexibility index (Phi) is 6.35. The van der Waals surface area contributed by atoms with Crippen LogP contribution in [0.3, 0.4) is 0 Å². The Morgan fingerprint density at radius 2 is 1.62 bits per heavy atom. The van der Waals surface area contributed by atoms with E-state index in [-0.39, 0.29) is 17.7 Å². The lowest BCUT2D eigenvalue weighted by atomic mass is 10.1. The maximum absolute atomic E-state index is 13.2. The van der Waals surface area contributed by atoms with Gasteiger partial charge in [-0.2, -0.15) is 0 Å². The van der Waals surface area contributed by atoms with E-state index in [9.17, 15) is 14.4 Å². The fourth-order valence-electron chi connectivity index (χ4n) is 3.35. The third-order valence-electron chi connectivity index (χ3n) is 5.17. The molecule has 164 valence electrons. The van der Waals surface area contributed by atoms with Crippen molar-refractivity contribution >= 4 is 23.4 Å². The largest absolute Gasteiger partial charge is 0.467 e. The molecule has 32 heavy (non-hydrogen) atoms. The molecule has 1 fully saturated rings. The van der Waals surface area contributed by atoms with E-state index < -0.39 is 0 Å². The van der Waals surface area contributed by atoms with Crippen molar-refractivity contribution < 1.29 is 18.8 Å². The van der Waals surface area contributed by atoms with Crippen molar-refractivity contribution in [3.8, 4) is 0 Å². The Labute approximate surface area is 186 Å². The van der Waals surface area contributed by atoms with Crippen LogP contribution in [0.1, 0.15) is 51.8 Å². The Balaban J connectivity index is 1.49. The van der Waals surface area contributed by atoms with Gasteiger partial charge in [-0.3, -0.25) is 14.4 Å². The van der Waals surface area contributed by atoms with Crippen molar-refractivity contribution in [2.45, 2.75) is 38.9 Å². The van der Waals surface area contributed by atoms with E-state index in [1.54, 1.807) is 53.6 Å². The smallest absolute Gasteiger partial charge is 0.254 e. The van der Waals surface area contributed by atoms with Crippen LogP contribution in [0.4, 0.5) is 5.69 Å². The molecule has 1 saturated carbocycles. The van der Waals surface area contributed by atoms with Gasteiger partial charge in [-0.25, -0.2) is 0 Å². The van der Waals surface area contributed by atoms with E-state index in [0.717, 1.165) is 18.4 Å². The lowest BCUT2D eigenvalue weighted by molar-refractivity contribution is -0.114. The summed E-state index contributed by atoms with van der Waals surface area (Å²) in [4.78, 5) is 38.4. The van der Waals surface area contributed by atoms with Crippen molar-refractivity contribution in [3.05, 3.63) is 89.4 Å². The van der Waals surface area contributed by atoms with E-state index in [0.29, 0.717) is 41.7 Å². The molecule has 0 spiro atoms. The number of hydrogen-bond acceptors (Lipinski definition) is 4. The zero-order chi connectivity index (χ0) is 22.5. The third kappa shape index (κ3) is 5.63. The minimum atomic E-state index is -0.169. The van der Waals surface area contributed by atoms with Gasteiger partial charge in [0.1, 0.15) is 5.76 Å². The van der Waals surface area contributed by atoms with Crippen LogP contribution in [0.25, 0.3) is 0 Å². The second-order valence-corrected chi connectivity index (χ2v) is 7.94. The number of nitrogens with one attached hydrogen (secondary N) is 2. The standard InChI is InChI=1S/C25H25N3O4/c1-17(29)26-21-10-8-20(9-11-21)25(31)28(16-23-3-2-14-32-23)15-18-4-6-19(7-5-18)24(30)27-22-12-13-22/h2-11,14,22H,12-13,15-16H2,1H3,(H,26,29)(H,27,30). The van der Waals surface area contributed by atoms with Gasteiger partial charge in [0.05, 0.1) is 12.8 Å². The summed E-state index contributed by atoms with van der Waals surface area (Å²) in [5.74, 6) is 0.277. The Bertz CT molecular complexity index is 1090. The summed E-state index contributed by atoms with van der Waals surface area (Å²) >= 11 is 0. The molecule has 2 aromatic carbocycles. The van der Waals surface area contributed by atoms with Gasteiger partial charge in [0, 0.05) is 36.3 Å². The highest BCUT2D eigenvalue weighted by Crippen LogP contribution is 2.20. The number of carbonyl (C=O) groups excluding carboxylic acids is 3. The van der Waals surface area contributed by atoms with Crippen LogP contribution in [-0.4, -0.2) is 28.7 Å². The Morgan fingerprint density at radius 1 is 0.938 bits per heavy atom. The summed E-state index contributed by atoms with van der Waals surface area (Å²) in [5, 5.41) is 5.67. The molecule has 0 radical (unpaired) electrons. The van der Waals surface area contributed by atoms with Crippen LogP contribution in [0.2, 0.25) is 0 Å². The zero-order valence-electron chi connectivity index (χ0n) is 17.8. The topological polar surface area (TPSA) is 91.7 Å². The number of amides is 3.